The number of rotatable bonds is 6. The number of carbonyl (C=O) groups excluding carboxylic acids is 2. The molecule has 0 bridgehead atoms. The molecule has 23 heavy (non-hydrogen) atoms. The topological polar surface area (TPSA) is 58.6 Å². The van der Waals surface area contributed by atoms with Gasteiger partial charge in [0.05, 0.1) is 13.0 Å². The second-order valence-corrected chi connectivity index (χ2v) is 5.46. The Bertz CT molecular complexity index is 568. The van der Waals surface area contributed by atoms with E-state index in [4.69, 9.17) is 0 Å². The summed E-state index contributed by atoms with van der Waals surface area (Å²) in [7, 11) is 1.51. The summed E-state index contributed by atoms with van der Waals surface area (Å²) in [6.45, 7) is -0.0371. The quantitative estimate of drug-likeness (QED) is 0.866. The number of hydrogen-bond donors (Lipinski definition) is 1. The van der Waals surface area contributed by atoms with E-state index in [0.717, 1.165) is 25.0 Å². The van der Waals surface area contributed by atoms with Crippen LogP contribution < -0.4 is 10.1 Å². The van der Waals surface area contributed by atoms with E-state index in [1.807, 2.05) is 0 Å². The van der Waals surface area contributed by atoms with E-state index < -0.39 is 6.36 Å². The number of likely N-dealkylation sites (N-methyl/N-ethyl adjacent to an activating group) is 1. The highest BCUT2D eigenvalue weighted by atomic mass is 19.4. The Morgan fingerprint density at radius 2 is 1.87 bits per heavy atom. The highest BCUT2D eigenvalue weighted by molar-refractivity contribution is 5.85. The molecule has 0 spiro atoms. The molecule has 1 aliphatic rings. The summed E-state index contributed by atoms with van der Waals surface area (Å²) in [5.74, 6) is -0.844. The predicted molar refractivity (Wildman–Crippen MR) is 75.6 cm³/mol. The number of carbonyl (C=O) groups is 2. The molecule has 0 atom stereocenters. The average Bonchev–Trinajstić information content (AvgIpc) is 3.23. The summed E-state index contributed by atoms with van der Waals surface area (Å²) in [6.07, 6.45) is -2.81. The number of nitrogens with one attached hydrogen (secondary N) is 1. The highest BCUT2D eigenvalue weighted by Crippen LogP contribution is 2.23. The normalized spacial score (nSPS) is 14.3. The minimum absolute atomic E-state index is 0.000490. The second kappa shape index (κ2) is 6.89. The summed E-state index contributed by atoms with van der Waals surface area (Å²) in [5.41, 5.74) is 0.541. The Labute approximate surface area is 131 Å². The third kappa shape index (κ3) is 6.17. The van der Waals surface area contributed by atoms with E-state index in [1.54, 1.807) is 0 Å². The van der Waals surface area contributed by atoms with Gasteiger partial charge < -0.3 is 15.0 Å². The van der Waals surface area contributed by atoms with Crippen molar-refractivity contribution in [2.24, 2.45) is 0 Å². The van der Waals surface area contributed by atoms with Gasteiger partial charge in [-0.15, -0.1) is 13.2 Å². The van der Waals surface area contributed by atoms with Crippen LogP contribution in [0.5, 0.6) is 5.75 Å². The molecule has 2 amide bonds. The Morgan fingerprint density at radius 1 is 1.26 bits per heavy atom. The molecule has 0 saturated heterocycles. The maximum absolute atomic E-state index is 12.1. The SMILES string of the molecule is CN(CC(=O)NC1CC1)C(=O)Cc1ccc(OC(F)(F)F)cc1. The van der Waals surface area contributed by atoms with Crippen molar-refractivity contribution in [3.8, 4) is 5.75 Å². The standard InChI is InChI=1S/C15H17F3N2O3/c1-20(9-13(21)19-11-4-5-11)14(22)8-10-2-6-12(7-3-10)23-15(16,17)18/h2-3,6-7,11H,4-5,8-9H2,1H3,(H,19,21). The van der Waals surface area contributed by atoms with Crippen LogP contribution in [0, 0.1) is 0 Å². The van der Waals surface area contributed by atoms with Gasteiger partial charge in [0.1, 0.15) is 5.75 Å². The predicted octanol–water partition coefficient (Wildman–Crippen LogP) is 1.86. The van der Waals surface area contributed by atoms with Crippen molar-refractivity contribution < 1.29 is 27.5 Å². The van der Waals surface area contributed by atoms with E-state index in [1.165, 1.54) is 24.1 Å². The van der Waals surface area contributed by atoms with Crippen molar-refractivity contribution in [1.82, 2.24) is 10.2 Å². The summed E-state index contributed by atoms with van der Waals surface area (Å²) in [5, 5.41) is 2.78. The van der Waals surface area contributed by atoms with Crippen LogP contribution in [-0.2, 0) is 16.0 Å². The Kier molecular flexibility index (Phi) is 5.12. The van der Waals surface area contributed by atoms with Crippen molar-refractivity contribution in [2.75, 3.05) is 13.6 Å². The molecule has 0 aromatic heterocycles. The molecule has 5 nitrogen and oxygen atoms in total. The lowest BCUT2D eigenvalue weighted by molar-refractivity contribution is -0.274. The minimum Gasteiger partial charge on any atom is -0.406 e. The third-order valence-electron chi connectivity index (χ3n) is 3.26. The van der Waals surface area contributed by atoms with Crippen molar-refractivity contribution in [3.63, 3.8) is 0 Å². The Morgan fingerprint density at radius 3 is 2.39 bits per heavy atom. The molecular weight excluding hydrogens is 313 g/mol. The fraction of sp³-hybridized carbons (Fsp3) is 0.467. The van der Waals surface area contributed by atoms with E-state index in [2.05, 4.69) is 10.1 Å². The first kappa shape index (κ1) is 17.1. The molecule has 1 N–H and O–H groups in total. The van der Waals surface area contributed by atoms with Crippen molar-refractivity contribution in [2.45, 2.75) is 31.7 Å². The van der Waals surface area contributed by atoms with Gasteiger partial charge in [-0.3, -0.25) is 9.59 Å². The zero-order valence-electron chi connectivity index (χ0n) is 12.5. The largest absolute Gasteiger partial charge is 0.573 e. The zero-order chi connectivity index (χ0) is 17.0. The van der Waals surface area contributed by atoms with Gasteiger partial charge in [-0.05, 0) is 30.5 Å². The molecule has 1 fully saturated rings. The molecule has 0 unspecified atom stereocenters. The maximum atomic E-state index is 12.1. The van der Waals surface area contributed by atoms with Crippen molar-refractivity contribution in [1.29, 1.82) is 0 Å². The summed E-state index contributed by atoms with van der Waals surface area (Å²) >= 11 is 0. The number of hydrogen-bond acceptors (Lipinski definition) is 3. The van der Waals surface area contributed by atoms with Crippen LogP contribution in [0.4, 0.5) is 13.2 Å². The van der Waals surface area contributed by atoms with E-state index >= 15 is 0 Å². The molecule has 0 heterocycles. The van der Waals surface area contributed by atoms with Crippen LogP contribution >= 0.6 is 0 Å². The lowest BCUT2D eigenvalue weighted by Crippen LogP contribution is -2.39. The average molecular weight is 330 g/mol. The smallest absolute Gasteiger partial charge is 0.406 e. The van der Waals surface area contributed by atoms with Gasteiger partial charge in [-0.25, -0.2) is 0 Å². The maximum Gasteiger partial charge on any atom is 0.573 e. The molecule has 1 aromatic rings. The molecule has 0 radical (unpaired) electrons. The van der Waals surface area contributed by atoms with Gasteiger partial charge >= 0.3 is 6.36 Å². The first-order valence-corrected chi connectivity index (χ1v) is 7.11. The van der Waals surface area contributed by atoms with Crippen LogP contribution in [0.1, 0.15) is 18.4 Å². The zero-order valence-corrected chi connectivity index (χ0v) is 12.5. The lowest BCUT2D eigenvalue weighted by atomic mass is 10.1. The number of benzene rings is 1. The fourth-order valence-corrected chi connectivity index (χ4v) is 1.92. The fourth-order valence-electron chi connectivity index (χ4n) is 1.92. The molecular formula is C15H17F3N2O3. The summed E-state index contributed by atoms with van der Waals surface area (Å²) in [6, 6.07) is 5.30. The number of halogens is 3. The molecule has 1 saturated carbocycles. The van der Waals surface area contributed by atoms with Crippen LogP contribution in [0.15, 0.2) is 24.3 Å². The molecule has 126 valence electrons. The number of ether oxygens (including phenoxy) is 1. The van der Waals surface area contributed by atoms with E-state index in [9.17, 15) is 22.8 Å². The molecule has 8 heteroatoms. The monoisotopic (exact) mass is 330 g/mol. The third-order valence-corrected chi connectivity index (χ3v) is 3.26. The van der Waals surface area contributed by atoms with Gasteiger partial charge in [-0.1, -0.05) is 12.1 Å². The molecule has 0 aliphatic heterocycles. The van der Waals surface area contributed by atoms with Gasteiger partial charge in [0.2, 0.25) is 11.8 Å². The molecule has 1 aliphatic carbocycles. The second-order valence-electron chi connectivity index (χ2n) is 5.46. The van der Waals surface area contributed by atoms with Crippen LogP contribution in [0.3, 0.4) is 0 Å². The Hall–Kier alpha value is -2.25. The minimum atomic E-state index is -4.74. The molecule has 1 aromatic carbocycles. The van der Waals surface area contributed by atoms with Gasteiger partial charge in [0.25, 0.3) is 0 Å². The summed E-state index contributed by atoms with van der Waals surface area (Å²) < 4.78 is 39.9. The Balaban J connectivity index is 1.82. The van der Waals surface area contributed by atoms with Crippen LogP contribution in [0.25, 0.3) is 0 Å². The first-order chi connectivity index (χ1) is 10.7. The van der Waals surface area contributed by atoms with Crippen LogP contribution in [-0.4, -0.2) is 42.7 Å². The van der Waals surface area contributed by atoms with Gasteiger partial charge in [0.15, 0.2) is 0 Å². The number of alkyl halides is 3. The van der Waals surface area contributed by atoms with E-state index in [-0.39, 0.29) is 36.6 Å². The summed E-state index contributed by atoms with van der Waals surface area (Å²) in [4.78, 5) is 24.9. The van der Waals surface area contributed by atoms with Crippen molar-refractivity contribution in [3.05, 3.63) is 29.8 Å². The highest BCUT2D eigenvalue weighted by Gasteiger charge is 2.31. The molecule has 2 rings (SSSR count). The lowest BCUT2D eigenvalue weighted by Gasteiger charge is -2.17. The van der Waals surface area contributed by atoms with Gasteiger partial charge in [0, 0.05) is 13.1 Å². The van der Waals surface area contributed by atoms with Crippen molar-refractivity contribution >= 4 is 11.8 Å². The number of amides is 2. The number of nitrogens with zero attached hydrogens (tertiary/aromatic N) is 1. The first-order valence-electron chi connectivity index (χ1n) is 7.11. The van der Waals surface area contributed by atoms with Gasteiger partial charge in [-0.2, -0.15) is 0 Å². The van der Waals surface area contributed by atoms with E-state index in [0.29, 0.717) is 5.56 Å². The van der Waals surface area contributed by atoms with Crippen LogP contribution in [0.2, 0.25) is 0 Å².